The molecular formula is C34H34N2. The monoisotopic (exact) mass is 470 g/mol. The molecule has 180 valence electrons. The van der Waals surface area contributed by atoms with Gasteiger partial charge in [0.2, 0.25) is 0 Å². The smallest absolute Gasteiger partial charge is 0.139 e. The second-order valence-corrected chi connectivity index (χ2v) is 9.90. The Bertz CT molecular complexity index is 1350. The Kier molecular flexibility index (Phi) is 7.36. The van der Waals surface area contributed by atoms with E-state index < -0.39 is 0 Å². The topological polar surface area (TPSA) is 15.6 Å². The predicted molar refractivity (Wildman–Crippen MR) is 158 cm³/mol. The van der Waals surface area contributed by atoms with Crippen LogP contribution in [0.15, 0.2) is 121 Å². The van der Waals surface area contributed by atoms with E-state index in [1.807, 2.05) is 31.3 Å². The summed E-state index contributed by atoms with van der Waals surface area (Å²) in [5.74, 6) is 0.847. The van der Waals surface area contributed by atoms with E-state index in [2.05, 4.69) is 124 Å². The van der Waals surface area contributed by atoms with E-state index >= 15 is 0 Å². The number of hydrogen-bond acceptors (Lipinski definition) is 1. The first-order chi connectivity index (χ1) is 17.3. The minimum absolute atomic E-state index is 0.1000. The molecule has 0 atom stereocenters. The molecule has 0 bridgehead atoms. The lowest BCUT2D eigenvalue weighted by atomic mass is 9.86. The summed E-state index contributed by atoms with van der Waals surface area (Å²) in [7, 11) is 1.84. The molecule has 0 amide bonds. The predicted octanol–water partition coefficient (Wildman–Crippen LogP) is 8.85. The molecule has 0 N–H and O–H groups in total. The van der Waals surface area contributed by atoms with Gasteiger partial charge in [-0.3, -0.25) is 9.89 Å². The quantitative estimate of drug-likeness (QED) is 0.203. The van der Waals surface area contributed by atoms with Gasteiger partial charge in [0.1, 0.15) is 5.84 Å². The Morgan fingerprint density at radius 2 is 1.25 bits per heavy atom. The van der Waals surface area contributed by atoms with Crippen LogP contribution in [0.3, 0.4) is 0 Å². The Morgan fingerprint density at radius 3 is 1.75 bits per heavy atom. The van der Waals surface area contributed by atoms with Crippen LogP contribution in [0.1, 0.15) is 43.0 Å². The molecule has 2 heteroatoms. The second-order valence-electron chi connectivity index (χ2n) is 9.90. The molecule has 0 aromatic heterocycles. The van der Waals surface area contributed by atoms with Gasteiger partial charge < -0.3 is 0 Å². The summed E-state index contributed by atoms with van der Waals surface area (Å²) in [5, 5.41) is 0. The number of para-hydroxylation sites is 1. The SMILES string of the molecule is C=Cc1ccc(-c2ccc(C(=NC)N(C(=C)c3ccc(C(C)(C)C)cc3)c3ccccc3)cc2)cc1. The molecule has 0 spiro atoms. The van der Waals surface area contributed by atoms with Gasteiger partial charge in [-0.05, 0) is 45.4 Å². The lowest BCUT2D eigenvalue weighted by Gasteiger charge is -2.29. The molecule has 36 heavy (non-hydrogen) atoms. The van der Waals surface area contributed by atoms with Gasteiger partial charge in [-0.15, -0.1) is 0 Å². The number of benzene rings is 4. The molecule has 0 saturated carbocycles. The Hall–Kier alpha value is -4.17. The number of amidine groups is 1. The maximum atomic E-state index is 4.73. The Labute approximate surface area is 216 Å². The summed E-state index contributed by atoms with van der Waals surface area (Å²) in [4.78, 5) is 6.87. The fourth-order valence-electron chi connectivity index (χ4n) is 4.26. The highest BCUT2D eigenvalue weighted by molar-refractivity contribution is 6.17. The molecule has 0 aliphatic rings. The fourth-order valence-corrected chi connectivity index (χ4v) is 4.26. The molecule has 4 aromatic carbocycles. The van der Waals surface area contributed by atoms with Gasteiger partial charge in [0.25, 0.3) is 0 Å². The maximum absolute atomic E-state index is 4.73. The number of anilines is 1. The summed E-state index contributed by atoms with van der Waals surface area (Å²) in [6.45, 7) is 15.0. The first-order valence-electron chi connectivity index (χ1n) is 12.3. The standard InChI is InChI=1S/C34H34N2/c1-7-26-13-15-28(16-14-26)29-17-19-30(20-18-29)33(35-6)36(32-11-9-8-10-12-32)25(2)27-21-23-31(24-22-27)34(3,4)5/h7-24H,1-2H2,3-6H3. The average molecular weight is 471 g/mol. The van der Waals surface area contributed by atoms with Gasteiger partial charge in [0, 0.05) is 24.0 Å². The minimum atomic E-state index is 0.1000. The molecule has 4 rings (SSSR count). The summed E-state index contributed by atoms with van der Waals surface area (Å²) >= 11 is 0. The third-order valence-corrected chi connectivity index (χ3v) is 6.41. The minimum Gasteiger partial charge on any atom is -0.295 e. The van der Waals surface area contributed by atoms with Gasteiger partial charge in [0.15, 0.2) is 0 Å². The van der Waals surface area contributed by atoms with Gasteiger partial charge in [-0.25, -0.2) is 0 Å². The van der Waals surface area contributed by atoms with Crippen LogP contribution in [0.25, 0.3) is 22.9 Å². The third-order valence-electron chi connectivity index (χ3n) is 6.41. The largest absolute Gasteiger partial charge is 0.295 e. The highest BCUT2D eigenvalue weighted by Gasteiger charge is 2.21. The normalized spacial score (nSPS) is 11.7. The molecular weight excluding hydrogens is 436 g/mol. The van der Waals surface area contributed by atoms with Crippen molar-refractivity contribution in [1.29, 1.82) is 0 Å². The zero-order valence-corrected chi connectivity index (χ0v) is 21.7. The molecule has 0 aliphatic heterocycles. The fraction of sp³-hybridized carbons (Fsp3) is 0.147. The van der Waals surface area contributed by atoms with Crippen molar-refractivity contribution in [1.82, 2.24) is 0 Å². The number of hydrogen-bond donors (Lipinski definition) is 0. The van der Waals surface area contributed by atoms with Crippen LogP contribution < -0.4 is 4.90 Å². The molecule has 0 unspecified atom stereocenters. The molecule has 4 aromatic rings. The summed E-state index contributed by atoms with van der Waals surface area (Å²) in [6, 6.07) is 36.0. The van der Waals surface area contributed by atoms with Gasteiger partial charge in [-0.1, -0.05) is 131 Å². The van der Waals surface area contributed by atoms with Crippen molar-refractivity contribution < 1.29 is 0 Å². The van der Waals surface area contributed by atoms with Crippen LogP contribution in [-0.2, 0) is 5.41 Å². The van der Waals surface area contributed by atoms with E-state index in [0.29, 0.717) is 0 Å². The van der Waals surface area contributed by atoms with Crippen LogP contribution in [-0.4, -0.2) is 12.9 Å². The van der Waals surface area contributed by atoms with Gasteiger partial charge in [0.05, 0.1) is 0 Å². The van der Waals surface area contributed by atoms with E-state index in [1.54, 1.807) is 0 Å². The van der Waals surface area contributed by atoms with Crippen molar-refractivity contribution in [2.45, 2.75) is 26.2 Å². The second kappa shape index (κ2) is 10.6. The third kappa shape index (κ3) is 5.39. The van der Waals surface area contributed by atoms with E-state index in [0.717, 1.165) is 39.5 Å². The first kappa shape index (κ1) is 24.9. The molecule has 0 radical (unpaired) electrons. The van der Waals surface area contributed by atoms with Gasteiger partial charge in [-0.2, -0.15) is 0 Å². The summed E-state index contributed by atoms with van der Waals surface area (Å²) in [5.41, 5.74) is 8.83. The van der Waals surface area contributed by atoms with Crippen molar-refractivity contribution >= 4 is 23.3 Å². The maximum Gasteiger partial charge on any atom is 0.139 e. The van der Waals surface area contributed by atoms with Gasteiger partial charge >= 0.3 is 0 Å². The first-order valence-corrected chi connectivity index (χ1v) is 12.3. The van der Waals surface area contributed by atoms with Crippen LogP contribution >= 0.6 is 0 Å². The number of rotatable bonds is 6. The van der Waals surface area contributed by atoms with Crippen LogP contribution in [0.5, 0.6) is 0 Å². The summed E-state index contributed by atoms with van der Waals surface area (Å²) < 4.78 is 0. The van der Waals surface area contributed by atoms with E-state index in [-0.39, 0.29) is 5.41 Å². The zero-order chi connectivity index (χ0) is 25.7. The highest BCUT2D eigenvalue weighted by atomic mass is 15.2. The zero-order valence-electron chi connectivity index (χ0n) is 21.7. The van der Waals surface area contributed by atoms with Crippen LogP contribution in [0, 0.1) is 0 Å². The molecule has 0 saturated heterocycles. The molecule has 2 nitrogen and oxygen atoms in total. The number of aliphatic imine (C=N–C) groups is 1. The molecule has 0 heterocycles. The van der Waals surface area contributed by atoms with E-state index in [1.165, 1.54) is 11.1 Å². The summed E-state index contributed by atoms with van der Waals surface area (Å²) in [6.07, 6.45) is 1.86. The van der Waals surface area contributed by atoms with E-state index in [4.69, 9.17) is 4.99 Å². The average Bonchev–Trinajstić information content (AvgIpc) is 2.91. The Morgan fingerprint density at radius 1 is 0.722 bits per heavy atom. The highest BCUT2D eigenvalue weighted by Crippen LogP contribution is 2.30. The van der Waals surface area contributed by atoms with Crippen LogP contribution in [0.4, 0.5) is 5.69 Å². The number of nitrogens with zero attached hydrogens (tertiary/aromatic N) is 2. The van der Waals surface area contributed by atoms with Crippen molar-refractivity contribution in [3.05, 3.63) is 139 Å². The van der Waals surface area contributed by atoms with Crippen molar-refractivity contribution in [2.24, 2.45) is 4.99 Å². The van der Waals surface area contributed by atoms with Crippen molar-refractivity contribution in [3.63, 3.8) is 0 Å². The molecule has 0 aliphatic carbocycles. The van der Waals surface area contributed by atoms with Crippen LogP contribution in [0.2, 0.25) is 0 Å². The Balaban J connectivity index is 1.70. The lowest BCUT2D eigenvalue weighted by Crippen LogP contribution is -2.30. The van der Waals surface area contributed by atoms with Crippen molar-refractivity contribution in [2.75, 3.05) is 11.9 Å². The van der Waals surface area contributed by atoms with E-state index in [9.17, 15) is 0 Å². The lowest BCUT2D eigenvalue weighted by molar-refractivity contribution is 0.590. The van der Waals surface area contributed by atoms with Crippen molar-refractivity contribution in [3.8, 4) is 11.1 Å². The molecule has 0 fully saturated rings.